The molecular formula is C23H24ClN3O4. The lowest BCUT2D eigenvalue weighted by molar-refractivity contribution is 0.0342. The molecule has 0 unspecified atom stereocenters. The summed E-state index contributed by atoms with van der Waals surface area (Å²) in [5.74, 6) is 0.800. The highest BCUT2D eigenvalue weighted by Gasteiger charge is 2.21. The van der Waals surface area contributed by atoms with Crippen LogP contribution in [0.15, 0.2) is 53.1 Å². The number of rotatable bonds is 7. The quantitative estimate of drug-likeness (QED) is 0.589. The van der Waals surface area contributed by atoms with E-state index in [9.17, 15) is 4.79 Å². The van der Waals surface area contributed by atoms with Crippen molar-refractivity contribution in [2.45, 2.75) is 20.1 Å². The van der Waals surface area contributed by atoms with Gasteiger partial charge >= 0.3 is 0 Å². The first-order valence-electron chi connectivity index (χ1n) is 10.1. The van der Waals surface area contributed by atoms with E-state index in [1.165, 1.54) is 0 Å². The number of ether oxygens (including phenoxy) is 2. The molecule has 0 aliphatic carbocycles. The number of benzene rings is 2. The lowest BCUT2D eigenvalue weighted by Gasteiger charge is -2.26. The highest BCUT2D eigenvalue weighted by Crippen LogP contribution is 2.22. The van der Waals surface area contributed by atoms with Crippen molar-refractivity contribution < 1.29 is 18.8 Å². The molecule has 0 bridgehead atoms. The van der Waals surface area contributed by atoms with Gasteiger partial charge < -0.3 is 19.3 Å². The van der Waals surface area contributed by atoms with E-state index in [-0.39, 0.29) is 18.2 Å². The topological polar surface area (TPSA) is 76.8 Å². The van der Waals surface area contributed by atoms with Gasteiger partial charge in [-0.05, 0) is 42.8 Å². The van der Waals surface area contributed by atoms with Crippen LogP contribution in [0.5, 0.6) is 5.75 Å². The van der Waals surface area contributed by atoms with Gasteiger partial charge in [0.2, 0.25) is 0 Å². The van der Waals surface area contributed by atoms with Crippen LogP contribution in [-0.2, 0) is 17.9 Å². The zero-order valence-corrected chi connectivity index (χ0v) is 18.0. The van der Waals surface area contributed by atoms with Crippen LogP contribution in [0.1, 0.15) is 27.4 Å². The Balaban J connectivity index is 1.42. The molecule has 2 heterocycles. The van der Waals surface area contributed by atoms with Crippen LogP contribution < -0.4 is 10.1 Å². The van der Waals surface area contributed by atoms with Gasteiger partial charge in [0.25, 0.3) is 5.91 Å². The maximum atomic E-state index is 12.9. The third kappa shape index (κ3) is 5.64. The Kier molecular flexibility index (Phi) is 6.86. The molecule has 2 aromatic carbocycles. The Morgan fingerprint density at radius 3 is 2.81 bits per heavy atom. The van der Waals surface area contributed by atoms with Gasteiger partial charge in [0.1, 0.15) is 18.1 Å². The molecule has 162 valence electrons. The molecule has 1 aromatic heterocycles. The van der Waals surface area contributed by atoms with Crippen LogP contribution in [0, 0.1) is 6.92 Å². The Morgan fingerprint density at radius 2 is 2.00 bits per heavy atom. The smallest absolute Gasteiger partial charge is 0.278 e. The van der Waals surface area contributed by atoms with Crippen LogP contribution in [0.4, 0.5) is 5.69 Å². The zero-order valence-electron chi connectivity index (χ0n) is 17.3. The second-order valence-corrected chi connectivity index (χ2v) is 7.79. The van der Waals surface area contributed by atoms with E-state index in [2.05, 4.69) is 21.4 Å². The molecule has 4 rings (SSSR count). The van der Waals surface area contributed by atoms with E-state index in [0.717, 1.165) is 38.4 Å². The molecule has 31 heavy (non-hydrogen) atoms. The molecule has 1 aliphatic heterocycles. The summed E-state index contributed by atoms with van der Waals surface area (Å²) in [5, 5.41) is 7.44. The Bertz CT molecular complexity index is 1050. The summed E-state index contributed by atoms with van der Waals surface area (Å²) in [6.45, 7) is 6.04. The molecule has 7 nitrogen and oxygen atoms in total. The third-order valence-electron chi connectivity index (χ3n) is 5.07. The number of halogens is 1. The number of nitrogens with zero attached hydrogens (tertiary/aromatic N) is 2. The molecule has 0 spiro atoms. The predicted molar refractivity (Wildman–Crippen MR) is 118 cm³/mol. The molecular weight excluding hydrogens is 418 g/mol. The fraction of sp³-hybridized carbons (Fsp3) is 0.304. The number of hydrogen-bond acceptors (Lipinski definition) is 6. The summed E-state index contributed by atoms with van der Waals surface area (Å²) in [6.07, 6.45) is 0. The van der Waals surface area contributed by atoms with Crippen LogP contribution in [0.3, 0.4) is 0 Å². The number of anilines is 1. The van der Waals surface area contributed by atoms with Crippen molar-refractivity contribution in [2.24, 2.45) is 0 Å². The van der Waals surface area contributed by atoms with Crippen molar-refractivity contribution in [3.8, 4) is 5.75 Å². The van der Waals surface area contributed by atoms with Gasteiger partial charge in [-0.1, -0.05) is 35.0 Å². The van der Waals surface area contributed by atoms with Crippen LogP contribution >= 0.6 is 11.6 Å². The molecule has 3 aromatic rings. The van der Waals surface area contributed by atoms with E-state index in [1.807, 2.05) is 18.2 Å². The van der Waals surface area contributed by atoms with Crippen LogP contribution in [-0.4, -0.2) is 42.3 Å². The Hall–Kier alpha value is -2.87. The van der Waals surface area contributed by atoms with Crippen molar-refractivity contribution in [2.75, 3.05) is 31.6 Å². The van der Waals surface area contributed by atoms with Gasteiger partial charge in [-0.2, -0.15) is 0 Å². The number of nitrogens with one attached hydrogen (secondary N) is 1. The van der Waals surface area contributed by atoms with Crippen molar-refractivity contribution in [3.05, 3.63) is 76.1 Å². The van der Waals surface area contributed by atoms with Crippen LogP contribution in [0.25, 0.3) is 0 Å². The molecule has 0 atom stereocenters. The number of carbonyl (C=O) groups excluding carboxylic acids is 1. The van der Waals surface area contributed by atoms with Crippen molar-refractivity contribution in [1.82, 2.24) is 10.1 Å². The number of amides is 1. The monoisotopic (exact) mass is 441 g/mol. The number of carbonyl (C=O) groups is 1. The van der Waals surface area contributed by atoms with Crippen molar-refractivity contribution in [3.63, 3.8) is 0 Å². The highest BCUT2D eigenvalue weighted by molar-refractivity contribution is 6.30. The summed E-state index contributed by atoms with van der Waals surface area (Å²) in [4.78, 5) is 15.2. The number of morpholine rings is 1. The van der Waals surface area contributed by atoms with E-state index in [4.69, 9.17) is 25.6 Å². The summed E-state index contributed by atoms with van der Waals surface area (Å²) in [5.41, 5.74) is 2.64. The largest absolute Gasteiger partial charge is 0.489 e. The molecule has 8 heteroatoms. The summed E-state index contributed by atoms with van der Waals surface area (Å²) >= 11 is 6.00. The van der Waals surface area contributed by atoms with E-state index < -0.39 is 0 Å². The standard InChI is InChI=1S/C23H24ClN3O4/c1-16-21(15-30-20-7-3-5-18(24)13-20)22(26-31-16)23(28)25-19-6-2-4-17(12-19)14-27-8-10-29-11-9-27/h2-7,12-13H,8-11,14-15H2,1H3,(H,25,28). The highest BCUT2D eigenvalue weighted by atomic mass is 35.5. The zero-order chi connectivity index (χ0) is 21.6. The Labute approximate surface area is 185 Å². The predicted octanol–water partition coefficient (Wildman–Crippen LogP) is 4.30. The van der Waals surface area contributed by atoms with Crippen molar-refractivity contribution >= 4 is 23.2 Å². The average Bonchev–Trinajstić information content (AvgIpc) is 3.14. The molecule has 0 radical (unpaired) electrons. The summed E-state index contributed by atoms with van der Waals surface area (Å²) < 4.78 is 16.4. The average molecular weight is 442 g/mol. The van der Waals surface area contributed by atoms with Gasteiger partial charge in [-0.3, -0.25) is 9.69 Å². The molecule has 1 amide bonds. The SMILES string of the molecule is Cc1onc(C(=O)Nc2cccc(CN3CCOCC3)c2)c1COc1cccc(Cl)c1. The first-order valence-corrected chi connectivity index (χ1v) is 10.5. The van der Waals surface area contributed by atoms with E-state index in [1.54, 1.807) is 31.2 Å². The molecule has 0 saturated carbocycles. The van der Waals surface area contributed by atoms with E-state index in [0.29, 0.717) is 27.8 Å². The van der Waals surface area contributed by atoms with Gasteiger partial charge in [0.05, 0.1) is 18.8 Å². The van der Waals surface area contributed by atoms with Gasteiger partial charge in [0, 0.05) is 30.3 Å². The second-order valence-electron chi connectivity index (χ2n) is 7.35. The van der Waals surface area contributed by atoms with Gasteiger partial charge in [-0.25, -0.2) is 0 Å². The second kappa shape index (κ2) is 9.96. The van der Waals surface area contributed by atoms with Gasteiger partial charge in [0.15, 0.2) is 5.69 Å². The maximum absolute atomic E-state index is 12.9. The summed E-state index contributed by atoms with van der Waals surface area (Å²) in [7, 11) is 0. The minimum Gasteiger partial charge on any atom is -0.489 e. The molecule has 1 aliphatic rings. The maximum Gasteiger partial charge on any atom is 0.278 e. The first-order chi connectivity index (χ1) is 15.1. The number of aromatic nitrogens is 1. The normalized spacial score (nSPS) is 14.4. The Morgan fingerprint density at radius 1 is 1.19 bits per heavy atom. The number of aryl methyl sites for hydroxylation is 1. The molecule has 1 fully saturated rings. The minimum atomic E-state index is -0.343. The molecule has 1 N–H and O–H groups in total. The van der Waals surface area contributed by atoms with Crippen LogP contribution in [0.2, 0.25) is 5.02 Å². The fourth-order valence-electron chi connectivity index (χ4n) is 3.41. The van der Waals surface area contributed by atoms with Crippen molar-refractivity contribution in [1.29, 1.82) is 0 Å². The fourth-order valence-corrected chi connectivity index (χ4v) is 3.59. The molecule has 1 saturated heterocycles. The van der Waals surface area contributed by atoms with Gasteiger partial charge in [-0.15, -0.1) is 0 Å². The third-order valence-corrected chi connectivity index (χ3v) is 5.31. The first kappa shape index (κ1) is 21.4. The van der Waals surface area contributed by atoms with E-state index >= 15 is 0 Å². The minimum absolute atomic E-state index is 0.148. The lowest BCUT2D eigenvalue weighted by atomic mass is 10.1. The lowest BCUT2D eigenvalue weighted by Crippen LogP contribution is -2.35. The number of hydrogen-bond donors (Lipinski definition) is 1. The summed E-state index contributed by atoms with van der Waals surface area (Å²) in [6, 6.07) is 14.9.